The minimum atomic E-state index is 0.648. The normalized spacial score (nSPS) is 31.2. The molecule has 0 aromatic carbocycles. The molecule has 1 unspecified atom stereocenters. The van der Waals surface area contributed by atoms with E-state index in [1.165, 1.54) is 6.42 Å². The third-order valence-electron chi connectivity index (χ3n) is 2.20. The van der Waals surface area contributed by atoms with Crippen LogP contribution in [0.25, 0.3) is 0 Å². The monoisotopic (exact) mass is 137 g/mol. The Labute approximate surface area is 61.0 Å². The van der Waals surface area contributed by atoms with Crippen molar-refractivity contribution in [3.8, 4) is 0 Å². The summed E-state index contributed by atoms with van der Waals surface area (Å²) in [5.41, 5.74) is 1.55. The molecule has 1 atom stereocenters. The molecule has 2 N–H and O–H groups in total. The molecule has 0 amide bonds. The summed E-state index contributed by atoms with van der Waals surface area (Å²) in [7, 11) is 0. The molecule has 0 aromatic heterocycles. The highest BCUT2D eigenvalue weighted by Crippen LogP contribution is 2.07. The minimum absolute atomic E-state index is 0.648. The smallest absolute Gasteiger partial charge is 0.174 e. The van der Waals surface area contributed by atoms with Gasteiger partial charge >= 0.3 is 0 Å². The maximum absolute atomic E-state index is 3.39. The van der Waals surface area contributed by atoms with Crippen LogP contribution in [0.1, 0.15) is 12.8 Å². The summed E-state index contributed by atoms with van der Waals surface area (Å²) in [5.74, 6) is 0. The van der Waals surface area contributed by atoms with Gasteiger partial charge in [0.25, 0.3) is 0 Å². The molecule has 0 saturated carbocycles. The lowest BCUT2D eigenvalue weighted by molar-refractivity contribution is -0.491. The van der Waals surface area contributed by atoms with Crippen molar-refractivity contribution in [2.75, 3.05) is 13.1 Å². The van der Waals surface area contributed by atoms with Gasteiger partial charge in [0.2, 0.25) is 0 Å². The second kappa shape index (κ2) is 2.54. The molecular formula is C8H13N2+. The number of allylic oxidation sites excluding steroid dienone is 1. The van der Waals surface area contributed by atoms with Crippen molar-refractivity contribution >= 4 is 6.21 Å². The van der Waals surface area contributed by atoms with E-state index in [9.17, 15) is 0 Å². The number of hydrogen-bond donors (Lipinski definition) is 2. The van der Waals surface area contributed by atoms with E-state index in [1.807, 2.05) is 0 Å². The van der Waals surface area contributed by atoms with Gasteiger partial charge in [0.05, 0.1) is 0 Å². The van der Waals surface area contributed by atoms with Crippen LogP contribution in [-0.4, -0.2) is 25.3 Å². The fourth-order valence-electron chi connectivity index (χ4n) is 1.61. The first-order valence-corrected chi connectivity index (χ1v) is 3.94. The first kappa shape index (κ1) is 6.10. The van der Waals surface area contributed by atoms with Crippen LogP contribution in [0.5, 0.6) is 0 Å². The van der Waals surface area contributed by atoms with Crippen LogP contribution in [-0.2, 0) is 0 Å². The Kier molecular flexibility index (Phi) is 1.55. The molecule has 54 valence electrons. The zero-order chi connectivity index (χ0) is 6.81. The zero-order valence-electron chi connectivity index (χ0n) is 6.06. The van der Waals surface area contributed by atoms with Gasteiger partial charge in [-0.25, -0.2) is 4.99 Å². The number of hydrogen-bond acceptors (Lipinski definition) is 1. The van der Waals surface area contributed by atoms with Crippen LogP contribution in [0.4, 0.5) is 0 Å². The van der Waals surface area contributed by atoms with Crippen LogP contribution in [0, 0.1) is 0 Å². The Bertz CT molecular complexity index is 182. The van der Waals surface area contributed by atoms with Gasteiger partial charge < -0.3 is 5.32 Å². The number of nitrogens with one attached hydrogen (secondary N) is 2. The molecular weight excluding hydrogens is 124 g/mol. The summed E-state index contributed by atoms with van der Waals surface area (Å²) < 4.78 is 0. The molecule has 0 bridgehead atoms. The lowest BCUT2D eigenvalue weighted by Gasteiger charge is -2.20. The Hall–Kier alpha value is -0.630. The highest BCUT2D eigenvalue weighted by molar-refractivity contribution is 5.54. The van der Waals surface area contributed by atoms with Crippen molar-refractivity contribution in [2.24, 2.45) is 0 Å². The predicted octanol–water partition coefficient (Wildman–Crippen LogP) is -1.17. The summed E-state index contributed by atoms with van der Waals surface area (Å²) in [4.78, 5) is 3.39. The van der Waals surface area contributed by atoms with E-state index in [0.29, 0.717) is 6.04 Å². The summed E-state index contributed by atoms with van der Waals surface area (Å²) in [6.07, 6.45) is 6.81. The predicted molar refractivity (Wildman–Crippen MR) is 41.0 cm³/mol. The molecule has 0 aliphatic carbocycles. The number of fused-ring (bicyclic) bond motifs is 1. The molecule has 1 fully saturated rings. The van der Waals surface area contributed by atoms with Crippen molar-refractivity contribution in [3.05, 3.63) is 11.6 Å². The molecule has 2 nitrogen and oxygen atoms in total. The van der Waals surface area contributed by atoms with E-state index in [1.54, 1.807) is 5.57 Å². The molecule has 0 spiro atoms. The average molecular weight is 137 g/mol. The molecule has 0 aromatic rings. The molecule has 2 heteroatoms. The molecule has 2 aliphatic heterocycles. The summed E-state index contributed by atoms with van der Waals surface area (Å²) in [6.45, 7) is 2.24. The number of piperidine rings is 1. The van der Waals surface area contributed by atoms with Gasteiger partial charge in [0, 0.05) is 31.5 Å². The van der Waals surface area contributed by atoms with Gasteiger partial charge in [-0.2, -0.15) is 0 Å². The zero-order valence-corrected chi connectivity index (χ0v) is 6.06. The molecule has 2 heterocycles. The van der Waals surface area contributed by atoms with Crippen molar-refractivity contribution in [3.63, 3.8) is 0 Å². The molecule has 1 saturated heterocycles. The van der Waals surface area contributed by atoms with Gasteiger partial charge in [0.1, 0.15) is 6.21 Å². The average Bonchev–Trinajstić information content (AvgIpc) is 2.05. The molecule has 0 radical (unpaired) electrons. The van der Waals surface area contributed by atoms with Crippen LogP contribution < -0.4 is 10.3 Å². The van der Waals surface area contributed by atoms with Crippen molar-refractivity contribution in [1.82, 2.24) is 5.32 Å². The topological polar surface area (TPSA) is 26.0 Å². The number of rotatable bonds is 0. The maximum Gasteiger partial charge on any atom is 0.174 e. The van der Waals surface area contributed by atoms with E-state index in [-0.39, 0.29) is 0 Å². The van der Waals surface area contributed by atoms with Crippen LogP contribution in [0.3, 0.4) is 0 Å². The second-order valence-electron chi connectivity index (χ2n) is 2.90. The van der Waals surface area contributed by atoms with Crippen molar-refractivity contribution in [1.29, 1.82) is 0 Å². The van der Waals surface area contributed by atoms with Crippen LogP contribution in [0.2, 0.25) is 0 Å². The lowest BCUT2D eigenvalue weighted by Crippen LogP contribution is -2.79. The Morgan fingerprint density at radius 2 is 2.60 bits per heavy atom. The third-order valence-corrected chi connectivity index (χ3v) is 2.20. The quantitative estimate of drug-likeness (QED) is 0.404. The van der Waals surface area contributed by atoms with Gasteiger partial charge in [0.15, 0.2) is 6.04 Å². The highest BCUT2D eigenvalue weighted by Gasteiger charge is 2.22. The second-order valence-corrected chi connectivity index (χ2v) is 2.90. The fraction of sp³-hybridized carbons (Fsp3) is 0.625. The Morgan fingerprint density at radius 1 is 1.60 bits per heavy atom. The summed E-state index contributed by atoms with van der Waals surface area (Å²) >= 11 is 0. The van der Waals surface area contributed by atoms with E-state index in [0.717, 1.165) is 19.5 Å². The Balaban J connectivity index is 2.13. The van der Waals surface area contributed by atoms with Crippen LogP contribution in [0.15, 0.2) is 11.6 Å². The van der Waals surface area contributed by atoms with E-state index in [2.05, 4.69) is 22.6 Å². The van der Waals surface area contributed by atoms with Crippen molar-refractivity contribution < 1.29 is 4.99 Å². The fourth-order valence-corrected chi connectivity index (χ4v) is 1.61. The first-order chi connectivity index (χ1) is 4.97. The van der Waals surface area contributed by atoms with Gasteiger partial charge in [-0.3, -0.25) is 0 Å². The summed E-state index contributed by atoms with van der Waals surface area (Å²) in [5, 5.41) is 3.36. The SMILES string of the molecule is C1=[NH+]C2CCNCC2=CC1. The van der Waals surface area contributed by atoms with Gasteiger partial charge in [-0.05, 0) is 0 Å². The summed E-state index contributed by atoms with van der Waals surface area (Å²) in [6, 6.07) is 0.648. The van der Waals surface area contributed by atoms with E-state index >= 15 is 0 Å². The van der Waals surface area contributed by atoms with Gasteiger partial charge in [-0.1, -0.05) is 6.08 Å². The van der Waals surface area contributed by atoms with Crippen molar-refractivity contribution in [2.45, 2.75) is 18.9 Å². The molecule has 2 aliphatic rings. The first-order valence-electron chi connectivity index (χ1n) is 3.94. The van der Waals surface area contributed by atoms with E-state index < -0.39 is 0 Å². The molecule has 10 heavy (non-hydrogen) atoms. The maximum atomic E-state index is 3.39. The minimum Gasteiger partial charge on any atom is -0.312 e. The standard InChI is InChI=1S/C8H12N2/c1-2-7-6-9-5-3-8(7)10-4-1/h2,4,8-9H,1,3,5-6H2/p+1. The highest BCUT2D eigenvalue weighted by atomic mass is 14.9. The van der Waals surface area contributed by atoms with E-state index in [4.69, 9.17) is 0 Å². The lowest BCUT2D eigenvalue weighted by atomic mass is 9.98. The van der Waals surface area contributed by atoms with Crippen LogP contribution >= 0.6 is 0 Å². The largest absolute Gasteiger partial charge is 0.312 e. The van der Waals surface area contributed by atoms with Gasteiger partial charge in [-0.15, -0.1) is 0 Å². The Morgan fingerprint density at radius 3 is 3.50 bits per heavy atom. The third kappa shape index (κ3) is 0.991. The molecule has 2 rings (SSSR count).